The van der Waals surface area contributed by atoms with E-state index < -0.39 is 0 Å². The van der Waals surface area contributed by atoms with Gasteiger partial charge in [0.05, 0.1) is 7.11 Å². The van der Waals surface area contributed by atoms with E-state index in [-0.39, 0.29) is 0 Å². The summed E-state index contributed by atoms with van der Waals surface area (Å²) < 4.78 is 11.2. The van der Waals surface area contributed by atoms with Crippen LogP contribution in [0.1, 0.15) is 16.7 Å². The smallest absolute Gasteiger partial charge is 0.123 e. The average Bonchev–Trinajstić information content (AvgIpc) is 2.72. The SMILES string of the molecule is COc1ccccc1CNC(=S)c1ccc(OCc2c(Cl)cccc2Cl)cc1. The van der Waals surface area contributed by atoms with Gasteiger partial charge in [0.2, 0.25) is 0 Å². The Kier molecular flexibility index (Phi) is 7.15. The molecule has 144 valence electrons. The molecule has 3 aromatic rings. The van der Waals surface area contributed by atoms with Crippen LogP contribution in [0.15, 0.2) is 66.7 Å². The molecule has 0 atom stereocenters. The highest BCUT2D eigenvalue weighted by molar-refractivity contribution is 7.80. The monoisotopic (exact) mass is 431 g/mol. The van der Waals surface area contributed by atoms with Gasteiger partial charge in [-0.1, -0.05) is 59.7 Å². The van der Waals surface area contributed by atoms with E-state index in [1.165, 1.54) is 0 Å². The summed E-state index contributed by atoms with van der Waals surface area (Å²) in [6.45, 7) is 0.889. The Balaban J connectivity index is 1.58. The first kappa shape index (κ1) is 20.5. The Labute approximate surface area is 180 Å². The van der Waals surface area contributed by atoms with Crippen molar-refractivity contribution in [2.75, 3.05) is 7.11 Å². The maximum absolute atomic E-state index is 6.17. The van der Waals surface area contributed by atoms with Gasteiger partial charge in [-0.25, -0.2) is 0 Å². The molecule has 6 heteroatoms. The van der Waals surface area contributed by atoms with Crippen LogP contribution < -0.4 is 14.8 Å². The summed E-state index contributed by atoms with van der Waals surface area (Å²) in [7, 11) is 1.66. The van der Waals surface area contributed by atoms with Crippen LogP contribution in [0.25, 0.3) is 0 Å². The van der Waals surface area contributed by atoms with E-state index in [1.54, 1.807) is 19.2 Å². The molecule has 0 saturated heterocycles. The van der Waals surface area contributed by atoms with E-state index in [4.69, 9.17) is 44.9 Å². The molecule has 0 aliphatic rings. The third-order valence-corrected chi connectivity index (χ3v) is 5.28. The molecular weight excluding hydrogens is 413 g/mol. The minimum atomic E-state index is 0.300. The summed E-state index contributed by atoms with van der Waals surface area (Å²) in [5.74, 6) is 1.55. The zero-order chi connectivity index (χ0) is 19.9. The third-order valence-electron chi connectivity index (χ3n) is 4.19. The Morgan fingerprint density at radius 3 is 2.29 bits per heavy atom. The minimum Gasteiger partial charge on any atom is -0.496 e. The lowest BCUT2D eigenvalue weighted by Gasteiger charge is -2.12. The van der Waals surface area contributed by atoms with Gasteiger partial charge in [0.25, 0.3) is 0 Å². The van der Waals surface area contributed by atoms with Crippen molar-refractivity contribution in [3.05, 3.63) is 93.5 Å². The molecule has 0 aliphatic carbocycles. The van der Waals surface area contributed by atoms with E-state index in [2.05, 4.69) is 5.32 Å². The summed E-state index contributed by atoms with van der Waals surface area (Å²) in [5, 5.41) is 4.44. The van der Waals surface area contributed by atoms with E-state index >= 15 is 0 Å². The van der Waals surface area contributed by atoms with Crippen molar-refractivity contribution in [1.29, 1.82) is 0 Å². The van der Waals surface area contributed by atoms with E-state index in [0.717, 1.165) is 22.4 Å². The fourth-order valence-corrected chi connectivity index (χ4v) is 3.37. The number of nitrogens with one attached hydrogen (secondary N) is 1. The second-order valence-corrected chi connectivity index (χ2v) is 7.23. The number of rotatable bonds is 7. The molecule has 3 rings (SSSR count). The Morgan fingerprint density at radius 1 is 0.929 bits per heavy atom. The Bertz CT molecular complexity index is 941. The van der Waals surface area contributed by atoms with Crippen molar-refractivity contribution in [3.63, 3.8) is 0 Å². The molecule has 0 radical (unpaired) electrons. The molecule has 0 heterocycles. The topological polar surface area (TPSA) is 30.5 Å². The summed E-state index contributed by atoms with van der Waals surface area (Å²) >= 11 is 17.8. The van der Waals surface area contributed by atoms with Crippen molar-refractivity contribution < 1.29 is 9.47 Å². The second kappa shape index (κ2) is 9.78. The van der Waals surface area contributed by atoms with Crippen LogP contribution in [0.2, 0.25) is 10.0 Å². The molecule has 28 heavy (non-hydrogen) atoms. The van der Waals surface area contributed by atoms with Crippen molar-refractivity contribution in [2.45, 2.75) is 13.2 Å². The average molecular weight is 432 g/mol. The second-order valence-electron chi connectivity index (χ2n) is 6.01. The predicted molar refractivity (Wildman–Crippen MR) is 119 cm³/mol. The lowest BCUT2D eigenvalue weighted by Crippen LogP contribution is -2.21. The number of hydrogen-bond acceptors (Lipinski definition) is 3. The van der Waals surface area contributed by atoms with Gasteiger partial charge in [0, 0.05) is 33.3 Å². The summed E-state index contributed by atoms with van der Waals surface area (Å²) in [6, 6.07) is 20.8. The van der Waals surface area contributed by atoms with Crippen LogP contribution >= 0.6 is 35.4 Å². The molecule has 3 aromatic carbocycles. The molecule has 0 aliphatic heterocycles. The highest BCUT2D eigenvalue weighted by atomic mass is 35.5. The number of methoxy groups -OCH3 is 1. The predicted octanol–water partition coefficient (Wildman–Crippen LogP) is 6.05. The molecule has 3 nitrogen and oxygen atoms in total. The van der Waals surface area contributed by atoms with Gasteiger partial charge in [-0.2, -0.15) is 0 Å². The maximum Gasteiger partial charge on any atom is 0.123 e. The number of halogens is 2. The van der Waals surface area contributed by atoms with Crippen LogP contribution in [-0.4, -0.2) is 12.1 Å². The Hall–Kier alpha value is -2.27. The normalized spacial score (nSPS) is 10.4. The molecule has 0 aromatic heterocycles. The quantitative estimate of drug-likeness (QED) is 0.461. The van der Waals surface area contributed by atoms with Crippen LogP contribution in [0, 0.1) is 0 Å². The highest BCUT2D eigenvalue weighted by Gasteiger charge is 2.08. The van der Waals surface area contributed by atoms with Gasteiger partial charge in [-0.05, 0) is 42.5 Å². The minimum absolute atomic E-state index is 0.300. The molecule has 0 amide bonds. The molecule has 0 fully saturated rings. The van der Waals surface area contributed by atoms with Gasteiger partial charge < -0.3 is 14.8 Å². The van der Waals surface area contributed by atoms with E-state index in [0.29, 0.717) is 33.9 Å². The lowest BCUT2D eigenvalue weighted by atomic mass is 10.2. The van der Waals surface area contributed by atoms with Crippen LogP contribution in [0.3, 0.4) is 0 Å². The first-order valence-electron chi connectivity index (χ1n) is 8.64. The van der Waals surface area contributed by atoms with E-state index in [1.807, 2.05) is 54.6 Å². The fraction of sp³-hybridized carbons (Fsp3) is 0.136. The van der Waals surface area contributed by atoms with Crippen molar-refractivity contribution >= 4 is 40.4 Å². The zero-order valence-electron chi connectivity index (χ0n) is 15.2. The molecule has 0 unspecified atom stereocenters. The van der Waals surface area contributed by atoms with Gasteiger partial charge in [-0.3, -0.25) is 0 Å². The molecule has 0 spiro atoms. The number of hydrogen-bond donors (Lipinski definition) is 1. The van der Waals surface area contributed by atoms with Crippen LogP contribution in [0.4, 0.5) is 0 Å². The summed E-state index contributed by atoms with van der Waals surface area (Å²) in [4.78, 5) is 0.659. The van der Waals surface area contributed by atoms with Crippen LogP contribution in [-0.2, 0) is 13.2 Å². The van der Waals surface area contributed by atoms with Gasteiger partial charge in [0.15, 0.2) is 0 Å². The number of ether oxygens (including phenoxy) is 2. The number of para-hydroxylation sites is 1. The molecule has 0 saturated carbocycles. The molecule has 1 N–H and O–H groups in total. The fourth-order valence-electron chi connectivity index (χ4n) is 2.65. The summed E-state index contributed by atoms with van der Waals surface area (Å²) in [6.07, 6.45) is 0. The van der Waals surface area contributed by atoms with Crippen LogP contribution in [0.5, 0.6) is 11.5 Å². The first-order valence-corrected chi connectivity index (χ1v) is 9.80. The standard InChI is InChI=1S/C22H19Cl2NO2S/c1-26-21-8-3-2-5-16(21)13-25-22(28)15-9-11-17(12-10-15)27-14-18-19(23)6-4-7-20(18)24/h2-12H,13-14H2,1H3,(H,25,28). The third kappa shape index (κ3) is 5.16. The summed E-state index contributed by atoms with van der Waals surface area (Å²) in [5.41, 5.74) is 2.72. The van der Waals surface area contributed by atoms with Crippen molar-refractivity contribution in [3.8, 4) is 11.5 Å². The van der Waals surface area contributed by atoms with Gasteiger partial charge in [0.1, 0.15) is 23.1 Å². The van der Waals surface area contributed by atoms with Crippen molar-refractivity contribution in [2.24, 2.45) is 0 Å². The zero-order valence-corrected chi connectivity index (χ0v) is 17.6. The highest BCUT2D eigenvalue weighted by Crippen LogP contribution is 2.26. The molecule has 0 bridgehead atoms. The maximum atomic E-state index is 6.17. The number of benzene rings is 3. The lowest BCUT2D eigenvalue weighted by molar-refractivity contribution is 0.306. The number of thiocarbonyl (C=S) groups is 1. The first-order chi connectivity index (χ1) is 13.6. The van der Waals surface area contributed by atoms with Gasteiger partial charge >= 0.3 is 0 Å². The van der Waals surface area contributed by atoms with Gasteiger partial charge in [-0.15, -0.1) is 0 Å². The largest absolute Gasteiger partial charge is 0.496 e. The Morgan fingerprint density at radius 2 is 1.61 bits per heavy atom. The van der Waals surface area contributed by atoms with E-state index in [9.17, 15) is 0 Å². The molecular formula is C22H19Cl2NO2S. The van der Waals surface area contributed by atoms with Crippen molar-refractivity contribution in [1.82, 2.24) is 5.32 Å².